The Morgan fingerprint density at radius 3 is 2.41 bits per heavy atom. The van der Waals surface area contributed by atoms with E-state index in [2.05, 4.69) is 39.0 Å². The highest BCUT2D eigenvalue weighted by molar-refractivity contribution is 6.03. The van der Waals surface area contributed by atoms with Crippen molar-refractivity contribution in [2.24, 2.45) is 0 Å². The lowest BCUT2D eigenvalue weighted by Gasteiger charge is -2.23. The van der Waals surface area contributed by atoms with Crippen LogP contribution in [0.1, 0.15) is 33.3 Å². The highest BCUT2D eigenvalue weighted by Crippen LogP contribution is 2.19. The molecule has 0 spiro atoms. The Hall–Kier alpha value is -3.67. The van der Waals surface area contributed by atoms with Crippen molar-refractivity contribution in [1.29, 1.82) is 0 Å². The van der Waals surface area contributed by atoms with Gasteiger partial charge in [-0.25, -0.2) is 4.79 Å². The van der Waals surface area contributed by atoms with Crippen LogP contribution in [0.4, 0.5) is 11.4 Å². The number of nitrogens with zero attached hydrogens (tertiary/aromatic N) is 2. The summed E-state index contributed by atoms with van der Waals surface area (Å²) in [4.78, 5) is 30.5. The van der Waals surface area contributed by atoms with Crippen LogP contribution in [0.2, 0.25) is 0 Å². The van der Waals surface area contributed by atoms with E-state index < -0.39 is 5.97 Å². The Bertz CT molecular complexity index is 972. The lowest BCUT2D eigenvalue weighted by atomic mass is 10.2. The fourth-order valence-corrected chi connectivity index (χ4v) is 2.93. The average molecular weight is 389 g/mol. The van der Waals surface area contributed by atoms with Gasteiger partial charge in [-0.15, -0.1) is 0 Å². The maximum atomic E-state index is 12.6. The summed E-state index contributed by atoms with van der Waals surface area (Å²) in [5.74, 6) is -0.733. The van der Waals surface area contributed by atoms with E-state index in [0.29, 0.717) is 16.9 Å². The molecule has 0 saturated carbocycles. The molecule has 1 amide bonds. The van der Waals surface area contributed by atoms with Crippen LogP contribution in [0.5, 0.6) is 0 Å². The van der Waals surface area contributed by atoms with E-state index in [1.165, 1.54) is 12.7 Å². The second-order valence-corrected chi connectivity index (χ2v) is 6.42. The molecule has 3 rings (SSSR count). The van der Waals surface area contributed by atoms with E-state index in [4.69, 9.17) is 0 Å². The Morgan fingerprint density at radius 1 is 1.03 bits per heavy atom. The summed E-state index contributed by atoms with van der Waals surface area (Å²) in [6, 6.07) is 20.4. The molecule has 3 aromatic rings. The predicted octanol–water partition coefficient (Wildman–Crippen LogP) is 4.15. The van der Waals surface area contributed by atoms with Crippen molar-refractivity contribution < 1.29 is 14.3 Å². The molecule has 0 unspecified atom stereocenters. The van der Waals surface area contributed by atoms with E-state index in [9.17, 15) is 9.59 Å². The molecule has 148 valence electrons. The van der Waals surface area contributed by atoms with Crippen molar-refractivity contribution in [2.75, 3.05) is 23.9 Å². The van der Waals surface area contributed by atoms with Gasteiger partial charge in [0.25, 0.3) is 5.91 Å². The van der Waals surface area contributed by atoms with E-state index in [0.717, 1.165) is 18.8 Å². The first kappa shape index (κ1) is 20.1. The van der Waals surface area contributed by atoms with Gasteiger partial charge in [-0.3, -0.25) is 9.78 Å². The Balaban J connectivity index is 1.72. The van der Waals surface area contributed by atoms with E-state index in [1.807, 2.05) is 24.3 Å². The Kier molecular flexibility index (Phi) is 6.58. The van der Waals surface area contributed by atoms with Gasteiger partial charge >= 0.3 is 5.97 Å². The summed E-state index contributed by atoms with van der Waals surface area (Å²) in [6.07, 6.45) is 1.64. The third-order valence-corrected chi connectivity index (χ3v) is 4.50. The minimum Gasteiger partial charge on any atom is -0.465 e. The fraction of sp³-hybridized carbons (Fsp3) is 0.174. The molecule has 0 saturated heterocycles. The number of ether oxygens (including phenoxy) is 1. The van der Waals surface area contributed by atoms with Gasteiger partial charge in [0.05, 0.1) is 12.7 Å². The zero-order valence-electron chi connectivity index (χ0n) is 16.5. The number of rotatable bonds is 7. The van der Waals surface area contributed by atoms with Gasteiger partial charge in [0.2, 0.25) is 0 Å². The number of aromatic nitrogens is 1. The van der Waals surface area contributed by atoms with Gasteiger partial charge in [0.15, 0.2) is 0 Å². The minimum absolute atomic E-state index is 0.312. The maximum Gasteiger partial charge on any atom is 0.337 e. The summed E-state index contributed by atoms with van der Waals surface area (Å²) >= 11 is 0. The van der Waals surface area contributed by atoms with Crippen molar-refractivity contribution in [3.05, 3.63) is 89.7 Å². The number of benzene rings is 2. The van der Waals surface area contributed by atoms with Gasteiger partial charge in [-0.05, 0) is 48.9 Å². The first-order chi connectivity index (χ1) is 14.1. The molecule has 0 bridgehead atoms. The van der Waals surface area contributed by atoms with Crippen LogP contribution in [0, 0.1) is 0 Å². The predicted molar refractivity (Wildman–Crippen MR) is 113 cm³/mol. The summed E-state index contributed by atoms with van der Waals surface area (Å²) in [6.45, 7) is 3.62. The Morgan fingerprint density at radius 2 is 1.76 bits per heavy atom. The monoisotopic (exact) mass is 389 g/mol. The molecule has 1 aromatic heterocycles. The number of hydrogen-bond acceptors (Lipinski definition) is 5. The van der Waals surface area contributed by atoms with Crippen LogP contribution < -0.4 is 10.2 Å². The van der Waals surface area contributed by atoms with Crippen molar-refractivity contribution in [2.45, 2.75) is 13.5 Å². The van der Waals surface area contributed by atoms with Crippen LogP contribution in [0.3, 0.4) is 0 Å². The highest BCUT2D eigenvalue weighted by atomic mass is 16.5. The first-order valence-electron chi connectivity index (χ1n) is 9.35. The molecule has 6 nitrogen and oxygen atoms in total. The molecular formula is C23H23N3O3. The summed E-state index contributed by atoms with van der Waals surface area (Å²) in [7, 11) is 1.33. The molecule has 6 heteroatoms. The van der Waals surface area contributed by atoms with E-state index in [1.54, 1.807) is 36.5 Å². The van der Waals surface area contributed by atoms with Crippen LogP contribution in [0.15, 0.2) is 72.9 Å². The van der Waals surface area contributed by atoms with E-state index in [-0.39, 0.29) is 5.91 Å². The number of esters is 1. The molecule has 0 fully saturated rings. The zero-order chi connectivity index (χ0) is 20.6. The SMILES string of the molecule is CCN(Cc1ccccc1)c1ccnc(C(=O)Nc2ccc(C(=O)OC)cc2)c1. The molecule has 0 radical (unpaired) electrons. The highest BCUT2D eigenvalue weighted by Gasteiger charge is 2.12. The van der Waals surface area contributed by atoms with Crippen LogP contribution in [0.25, 0.3) is 0 Å². The largest absolute Gasteiger partial charge is 0.465 e. The fourth-order valence-electron chi connectivity index (χ4n) is 2.93. The Labute approximate surface area is 170 Å². The minimum atomic E-state index is -0.421. The number of carbonyl (C=O) groups is 2. The number of methoxy groups -OCH3 is 1. The molecule has 1 N–H and O–H groups in total. The average Bonchev–Trinajstić information content (AvgIpc) is 2.78. The third kappa shape index (κ3) is 5.19. The smallest absolute Gasteiger partial charge is 0.337 e. The zero-order valence-corrected chi connectivity index (χ0v) is 16.5. The van der Waals surface area contributed by atoms with Crippen LogP contribution >= 0.6 is 0 Å². The molecule has 2 aromatic carbocycles. The summed E-state index contributed by atoms with van der Waals surface area (Å²) in [5, 5.41) is 2.80. The second-order valence-electron chi connectivity index (χ2n) is 6.42. The van der Waals surface area contributed by atoms with Gasteiger partial charge in [-0.2, -0.15) is 0 Å². The maximum absolute atomic E-state index is 12.6. The number of pyridine rings is 1. The third-order valence-electron chi connectivity index (χ3n) is 4.50. The second kappa shape index (κ2) is 9.50. The van der Waals surface area contributed by atoms with Crippen molar-refractivity contribution in [3.8, 4) is 0 Å². The summed E-state index contributed by atoms with van der Waals surface area (Å²) in [5.41, 5.74) is 3.45. The van der Waals surface area contributed by atoms with Gasteiger partial charge in [-0.1, -0.05) is 30.3 Å². The van der Waals surface area contributed by atoms with Gasteiger partial charge in [0, 0.05) is 30.7 Å². The molecule has 0 aliphatic rings. The molecule has 29 heavy (non-hydrogen) atoms. The normalized spacial score (nSPS) is 10.3. The number of carbonyl (C=O) groups excluding carboxylic acids is 2. The quantitative estimate of drug-likeness (QED) is 0.615. The number of hydrogen-bond donors (Lipinski definition) is 1. The molecule has 0 aliphatic carbocycles. The topological polar surface area (TPSA) is 71.5 Å². The summed E-state index contributed by atoms with van der Waals surface area (Å²) < 4.78 is 4.67. The number of amides is 1. The number of anilines is 2. The first-order valence-corrected chi connectivity index (χ1v) is 9.35. The van der Waals surface area contributed by atoms with Crippen molar-refractivity contribution >= 4 is 23.3 Å². The lowest BCUT2D eigenvalue weighted by molar-refractivity contribution is 0.0600. The molecular weight excluding hydrogens is 366 g/mol. The van der Waals surface area contributed by atoms with E-state index >= 15 is 0 Å². The lowest BCUT2D eigenvalue weighted by Crippen LogP contribution is -2.23. The van der Waals surface area contributed by atoms with Gasteiger partial charge in [0.1, 0.15) is 5.69 Å². The van der Waals surface area contributed by atoms with Crippen LogP contribution in [-0.4, -0.2) is 30.5 Å². The standard InChI is InChI=1S/C23H23N3O3/c1-3-26(16-17-7-5-4-6-8-17)20-13-14-24-21(15-20)22(27)25-19-11-9-18(10-12-19)23(28)29-2/h4-15H,3,16H2,1-2H3,(H,25,27). The van der Waals surface area contributed by atoms with Crippen LogP contribution in [-0.2, 0) is 11.3 Å². The number of nitrogens with one attached hydrogen (secondary N) is 1. The van der Waals surface area contributed by atoms with Gasteiger partial charge < -0.3 is 15.0 Å². The van der Waals surface area contributed by atoms with Crippen molar-refractivity contribution in [1.82, 2.24) is 4.98 Å². The molecule has 0 atom stereocenters. The molecule has 1 heterocycles. The molecule has 0 aliphatic heterocycles. The van der Waals surface area contributed by atoms with Crippen molar-refractivity contribution in [3.63, 3.8) is 0 Å².